The summed E-state index contributed by atoms with van der Waals surface area (Å²) in [6.07, 6.45) is 1.06. The summed E-state index contributed by atoms with van der Waals surface area (Å²) in [5.41, 5.74) is 1.05. The van der Waals surface area contributed by atoms with E-state index in [-0.39, 0.29) is 5.54 Å². The summed E-state index contributed by atoms with van der Waals surface area (Å²) in [5, 5.41) is 4.34. The minimum Gasteiger partial charge on any atom is -0.497 e. The van der Waals surface area contributed by atoms with Crippen molar-refractivity contribution in [2.45, 2.75) is 25.8 Å². The van der Waals surface area contributed by atoms with Crippen LogP contribution in [0, 0.1) is 0 Å². The summed E-state index contributed by atoms with van der Waals surface area (Å²) >= 11 is 5.30. The summed E-state index contributed by atoms with van der Waals surface area (Å²) < 4.78 is 6.24. The van der Waals surface area contributed by atoms with Gasteiger partial charge in [-0.3, -0.25) is 4.99 Å². The van der Waals surface area contributed by atoms with Crippen molar-refractivity contribution in [2.75, 3.05) is 18.2 Å². The Morgan fingerprint density at radius 1 is 1.56 bits per heavy atom. The molecule has 0 radical (unpaired) electrons. The maximum absolute atomic E-state index is 5.23. The first-order chi connectivity index (χ1) is 8.56. The zero-order valence-corrected chi connectivity index (χ0v) is 13.2. The highest BCUT2D eigenvalue weighted by Crippen LogP contribution is 2.33. The van der Waals surface area contributed by atoms with E-state index in [2.05, 4.69) is 35.1 Å². The lowest BCUT2D eigenvalue weighted by atomic mass is 10.0. The number of benzene rings is 1. The van der Waals surface area contributed by atoms with Crippen LogP contribution in [0.2, 0.25) is 0 Å². The molecule has 3 nitrogen and oxygen atoms in total. The second-order valence-corrected chi connectivity index (χ2v) is 6.35. The zero-order chi connectivity index (χ0) is 13.2. The quantitative estimate of drug-likeness (QED) is 0.905. The molecule has 0 aromatic heterocycles. The SMILES string of the molecule is CCC1(C)CSC(Nc2cc(OC)ccc2Br)=N1. The number of hydrogen-bond acceptors (Lipinski definition) is 4. The van der Waals surface area contributed by atoms with Crippen molar-refractivity contribution < 1.29 is 4.74 Å². The number of ether oxygens (including phenoxy) is 1. The molecule has 5 heteroatoms. The third kappa shape index (κ3) is 3.01. The molecule has 1 atom stereocenters. The van der Waals surface area contributed by atoms with Crippen LogP contribution in [0.1, 0.15) is 20.3 Å². The number of aliphatic imine (C=N–C) groups is 1. The van der Waals surface area contributed by atoms with Gasteiger partial charge in [-0.15, -0.1) is 0 Å². The van der Waals surface area contributed by atoms with E-state index in [1.165, 1.54) is 0 Å². The second kappa shape index (κ2) is 5.53. The average Bonchev–Trinajstić information content (AvgIpc) is 2.75. The monoisotopic (exact) mass is 328 g/mol. The molecule has 0 bridgehead atoms. The maximum atomic E-state index is 5.23. The molecule has 0 aliphatic carbocycles. The number of nitrogens with zero attached hydrogens (tertiary/aromatic N) is 1. The normalized spacial score (nSPS) is 22.8. The molecule has 0 saturated carbocycles. The number of nitrogens with one attached hydrogen (secondary N) is 1. The first kappa shape index (κ1) is 13.7. The minimum atomic E-state index is 0.0678. The van der Waals surface area contributed by atoms with Gasteiger partial charge >= 0.3 is 0 Å². The lowest BCUT2D eigenvalue weighted by molar-refractivity contribution is 0.415. The zero-order valence-electron chi connectivity index (χ0n) is 10.8. The third-order valence-electron chi connectivity index (χ3n) is 3.07. The van der Waals surface area contributed by atoms with Crippen molar-refractivity contribution in [3.05, 3.63) is 22.7 Å². The lowest BCUT2D eigenvalue weighted by Crippen LogP contribution is -2.20. The Labute approximate surface area is 121 Å². The highest BCUT2D eigenvalue weighted by atomic mass is 79.9. The molecule has 98 valence electrons. The Morgan fingerprint density at radius 3 is 2.94 bits per heavy atom. The van der Waals surface area contributed by atoms with Gasteiger partial charge in [-0.2, -0.15) is 0 Å². The van der Waals surface area contributed by atoms with Crippen molar-refractivity contribution in [3.8, 4) is 5.75 Å². The van der Waals surface area contributed by atoms with Crippen molar-refractivity contribution in [2.24, 2.45) is 4.99 Å². The Balaban J connectivity index is 2.17. The van der Waals surface area contributed by atoms with Crippen molar-refractivity contribution in [1.82, 2.24) is 0 Å². The molecule has 2 rings (SSSR count). The standard InChI is InChI=1S/C13H17BrN2OS/c1-4-13(2)8-18-12(16-13)15-11-7-9(17-3)5-6-10(11)14/h5-7H,4,8H2,1-3H3,(H,15,16). The van der Waals surface area contributed by atoms with Crippen LogP contribution in [0.4, 0.5) is 5.69 Å². The fourth-order valence-corrected chi connectivity index (χ4v) is 3.15. The van der Waals surface area contributed by atoms with Gasteiger partial charge in [0, 0.05) is 16.3 Å². The molecule has 1 heterocycles. The summed E-state index contributed by atoms with van der Waals surface area (Å²) in [7, 11) is 1.67. The predicted octanol–water partition coefficient (Wildman–Crippen LogP) is 4.14. The number of rotatable bonds is 3. The van der Waals surface area contributed by atoms with Crippen molar-refractivity contribution >= 4 is 38.5 Å². The van der Waals surface area contributed by atoms with Crippen LogP contribution in [0.3, 0.4) is 0 Å². The average molecular weight is 329 g/mol. The van der Waals surface area contributed by atoms with E-state index < -0.39 is 0 Å². The number of amidine groups is 1. The second-order valence-electron chi connectivity index (χ2n) is 4.53. The summed E-state index contributed by atoms with van der Waals surface area (Å²) in [4.78, 5) is 4.74. The van der Waals surface area contributed by atoms with Gasteiger partial charge in [0.2, 0.25) is 0 Å². The molecular weight excluding hydrogens is 312 g/mol. The Hall–Kier alpha value is -0.680. The maximum Gasteiger partial charge on any atom is 0.161 e. The van der Waals surface area contributed by atoms with Crippen molar-refractivity contribution in [1.29, 1.82) is 0 Å². The molecule has 0 fully saturated rings. The summed E-state index contributed by atoms with van der Waals surface area (Å²) in [5.74, 6) is 1.87. The minimum absolute atomic E-state index is 0.0678. The topological polar surface area (TPSA) is 33.6 Å². The van der Waals surface area contributed by atoms with Crippen LogP contribution in [0.5, 0.6) is 5.75 Å². The van der Waals surface area contributed by atoms with E-state index in [9.17, 15) is 0 Å². The van der Waals surface area contributed by atoms with Gasteiger partial charge in [-0.05, 0) is 41.4 Å². The van der Waals surface area contributed by atoms with E-state index in [0.29, 0.717) is 0 Å². The van der Waals surface area contributed by atoms with E-state index in [4.69, 9.17) is 9.73 Å². The molecule has 18 heavy (non-hydrogen) atoms. The number of anilines is 1. The molecule has 0 spiro atoms. The van der Waals surface area contributed by atoms with Crippen molar-refractivity contribution in [3.63, 3.8) is 0 Å². The van der Waals surface area contributed by atoms with Crippen LogP contribution in [0.25, 0.3) is 0 Å². The van der Waals surface area contributed by atoms with Gasteiger partial charge in [-0.25, -0.2) is 0 Å². The number of thioether (sulfide) groups is 1. The Bertz CT molecular complexity index is 478. The fourth-order valence-electron chi connectivity index (χ4n) is 1.62. The van der Waals surface area contributed by atoms with E-state index in [1.807, 2.05) is 18.2 Å². The Kier molecular flexibility index (Phi) is 4.22. The van der Waals surface area contributed by atoms with Gasteiger partial charge < -0.3 is 10.1 Å². The molecule has 1 aliphatic rings. The van der Waals surface area contributed by atoms with Gasteiger partial charge in [0.25, 0.3) is 0 Å². The molecule has 0 amide bonds. The lowest BCUT2D eigenvalue weighted by Gasteiger charge is -2.15. The fraction of sp³-hybridized carbons (Fsp3) is 0.462. The number of hydrogen-bond donors (Lipinski definition) is 1. The number of methoxy groups -OCH3 is 1. The molecule has 1 aromatic rings. The molecule has 0 saturated heterocycles. The smallest absolute Gasteiger partial charge is 0.161 e. The predicted molar refractivity (Wildman–Crippen MR) is 82.9 cm³/mol. The van der Waals surface area contributed by atoms with Gasteiger partial charge in [0.05, 0.1) is 18.3 Å². The van der Waals surface area contributed by atoms with Gasteiger partial charge in [0.1, 0.15) is 5.75 Å². The van der Waals surface area contributed by atoms with E-state index in [1.54, 1.807) is 18.9 Å². The Morgan fingerprint density at radius 2 is 2.33 bits per heavy atom. The summed E-state index contributed by atoms with van der Waals surface area (Å²) in [6, 6.07) is 5.87. The first-order valence-corrected chi connectivity index (χ1v) is 7.67. The van der Waals surface area contributed by atoms with Gasteiger partial charge in [0.15, 0.2) is 5.17 Å². The molecule has 1 aliphatic heterocycles. The number of halogens is 1. The third-order valence-corrected chi connectivity index (χ3v) is 4.99. The highest BCUT2D eigenvalue weighted by Gasteiger charge is 2.28. The van der Waals surface area contributed by atoms with E-state index in [0.717, 1.165) is 33.3 Å². The van der Waals surface area contributed by atoms with Crippen LogP contribution >= 0.6 is 27.7 Å². The van der Waals surface area contributed by atoms with Crippen LogP contribution < -0.4 is 10.1 Å². The molecule has 1 aromatic carbocycles. The largest absolute Gasteiger partial charge is 0.497 e. The highest BCUT2D eigenvalue weighted by molar-refractivity contribution is 9.10. The summed E-state index contributed by atoms with van der Waals surface area (Å²) in [6.45, 7) is 4.36. The van der Waals surface area contributed by atoms with Crippen LogP contribution in [-0.4, -0.2) is 23.6 Å². The molecule has 1 N–H and O–H groups in total. The van der Waals surface area contributed by atoms with Gasteiger partial charge in [-0.1, -0.05) is 18.7 Å². The van der Waals surface area contributed by atoms with Crippen LogP contribution in [0.15, 0.2) is 27.7 Å². The van der Waals surface area contributed by atoms with E-state index >= 15 is 0 Å². The molecule has 1 unspecified atom stereocenters. The van der Waals surface area contributed by atoms with Crippen LogP contribution in [-0.2, 0) is 0 Å². The first-order valence-electron chi connectivity index (χ1n) is 5.89. The molecular formula is C13H17BrN2OS.